The van der Waals surface area contributed by atoms with Gasteiger partial charge in [0.1, 0.15) is 0 Å². The number of aryl methyl sites for hydroxylation is 1. The first-order chi connectivity index (χ1) is 12.5. The largest absolute Gasteiger partial charge is 0.379 e. The number of morpholine rings is 1. The van der Waals surface area contributed by atoms with E-state index in [1.807, 2.05) is 19.1 Å². The molecule has 6 nitrogen and oxygen atoms in total. The third-order valence-corrected chi connectivity index (χ3v) is 7.68. The molecule has 2 aliphatic rings. The molecule has 0 radical (unpaired) electrons. The fraction of sp³-hybridized carbons (Fsp3) is 0.667. The Labute approximate surface area is 165 Å². The number of benzene rings is 1. The van der Waals surface area contributed by atoms with Crippen molar-refractivity contribution in [1.82, 2.24) is 14.1 Å². The lowest BCUT2D eigenvalue weighted by Gasteiger charge is -2.36. The average Bonchev–Trinajstić information content (AvgIpc) is 2.67. The third-order valence-electron chi connectivity index (χ3n) is 5.19. The minimum absolute atomic E-state index is 0.449. The Bertz CT molecular complexity index is 700. The van der Waals surface area contributed by atoms with E-state index in [1.165, 1.54) is 0 Å². The van der Waals surface area contributed by atoms with Crippen LogP contribution < -0.4 is 0 Å². The maximum Gasteiger partial charge on any atom is 0.243 e. The molecule has 0 unspecified atom stereocenters. The molecule has 1 aromatic carbocycles. The first-order valence-corrected chi connectivity index (χ1v) is 11.5. The summed E-state index contributed by atoms with van der Waals surface area (Å²) in [4.78, 5) is 5.23. The number of halogens is 1. The van der Waals surface area contributed by atoms with Crippen LogP contribution in [-0.4, -0.2) is 88.1 Å². The number of sulfonamides is 1. The average molecular weight is 446 g/mol. The summed E-state index contributed by atoms with van der Waals surface area (Å²) in [5, 5.41) is 0. The van der Waals surface area contributed by atoms with E-state index >= 15 is 0 Å². The van der Waals surface area contributed by atoms with Gasteiger partial charge in [-0.05, 0) is 30.2 Å². The summed E-state index contributed by atoms with van der Waals surface area (Å²) < 4.78 is 34.1. The Kier molecular flexibility index (Phi) is 7.10. The van der Waals surface area contributed by atoms with E-state index < -0.39 is 10.0 Å². The van der Waals surface area contributed by atoms with Gasteiger partial charge >= 0.3 is 0 Å². The Balaban J connectivity index is 1.56. The highest BCUT2D eigenvalue weighted by molar-refractivity contribution is 9.10. The van der Waals surface area contributed by atoms with E-state index in [2.05, 4.69) is 25.7 Å². The van der Waals surface area contributed by atoms with Crippen LogP contribution in [-0.2, 0) is 21.2 Å². The minimum atomic E-state index is -3.42. The maximum absolute atomic E-state index is 13.1. The van der Waals surface area contributed by atoms with Crippen LogP contribution in [0.1, 0.15) is 12.5 Å². The van der Waals surface area contributed by atoms with Gasteiger partial charge in [-0.2, -0.15) is 4.31 Å². The first kappa shape index (κ1) is 20.2. The Morgan fingerprint density at radius 1 is 1.00 bits per heavy atom. The monoisotopic (exact) mass is 445 g/mol. The molecular formula is C18H28BrN3O3S. The highest BCUT2D eigenvalue weighted by Gasteiger charge is 2.30. The van der Waals surface area contributed by atoms with Crippen molar-refractivity contribution in [2.45, 2.75) is 18.2 Å². The van der Waals surface area contributed by atoms with E-state index in [0.29, 0.717) is 24.4 Å². The molecule has 8 heteroatoms. The molecular weight excluding hydrogens is 418 g/mol. The van der Waals surface area contributed by atoms with Gasteiger partial charge in [0.15, 0.2) is 0 Å². The highest BCUT2D eigenvalue weighted by Crippen LogP contribution is 2.25. The van der Waals surface area contributed by atoms with Crippen LogP contribution in [0.5, 0.6) is 0 Å². The molecule has 2 fully saturated rings. The summed E-state index contributed by atoms with van der Waals surface area (Å²) >= 11 is 3.43. The van der Waals surface area contributed by atoms with Gasteiger partial charge in [-0.25, -0.2) is 8.42 Å². The topological polar surface area (TPSA) is 53.1 Å². The molecule has 3 rings (SSSR count). The number of hydrogen-bond donors (Lipinski definition) is 0. The van der Waals surface area contributed by atoms with E-state index in [-0.39, 0.29) is 0 Å². The standard InChI is InChI=1S/C18H28BrN3O3S/c1-2-16-15-17(19)3-4-18(16)26(23,24)22-9-7-20(8-10-22)5-6-21-11-13-25-14-12-21/h3-4,15H,2,5-14H2,1H3. The lowest BCUT2D eigenvalue weighted by atomic mass is 10.2. The molecule has 0 N–H and O–H groups in total. The van der Waals surface area contributed by atoms with Gasteiger partial charge in [0.25, 0.3) is 0 Å². The van der Waals surface area contributed by atoms with Crippen LogP contribution in [0.15, 0.2) is 27.6 Å². The van der Waals surface area contributed by atoms with Crippen molar-refractivity contribution in [3.63, 3.8) is 0 Å². The van der Waals surface area contributed by atoms with Crippen LogP contribution in [0.4, 0.5) is 0 Å². The van der Waals surface area contributed by atoms with Crippen molar-refractivity contribution in [2.75, 3.05) is 65.6 Å². The second-order valence-corrected chi connectivity index (χ2v) is 9.63. The molecule has 0 atom stereocenters. The van der Waals surface area contributed by atoms with Crippen molar-refractivity contribution in [1.29, 1.82) is 0 Å². The summed E-state index contributed by atoms with van der Waals surface area (Å²) in [5.41, 5.74) is 0.870. The fourth-order valence-corrected chi connectivity index (χ4v) is 5.62. The number of ether oxygens (including phenoxy) is 1. The number of rotatable bonds is 6. The van der Waals surface area contributed by atoms with Gasteiger partial charge < -0.3 is 4.74 Å². The molecule has 0 amide bonds. The summed E-state index contributed by atoms with van der Waals surface area (Å²) in [5.74, 6) is 0. The van der Waals surface area contributed by atoms with Crippen molar-refractivity contribution in [3.8, 4) is 0 Å². The molecule has 0 aromatic heterocycles. The molecule has 1 aromatic rings. The van der Waals surface area contributed by atoms with Gasteiger partial charge in [-0.15, -0.1) is 0 Å². The number of hydrogen-bond acceptors (Lipinski definition) is 5. The van der Waals surface area contributed by atoms with E-state index in [9.17, 15) is 8.42 Å². The van der Waals surface area contributed by atoms with Crippen molar-refractivity contribution in [2.24, 2.45) is 0 Å². The zero-order valence-electron chi connectivity index (χ0n) is 15.4. The zero-order chi connectivity index (χ0) is 18.6. The second-order valence-electron chi connectivity index (χ2n) is 6.81. The Hall–Kier alpha value is -0.510. The molecule has 2 aliphatic heterocycles. The third kappa shape index (κ3) is 4.85. The predicted octanol–water partition coefficient (Wildman–Crippen LogP) is 1.65. The van der Waals surface area contributed by atoms with E-state index in [1.54, 1.807) is 10.4 Å². The Morgan fingerprint density at radius 2 is 1.62 bits per heavy atom. The zero-order valence-corrected chi connectivity index (χ0v) is 17.8. The van der Waals surface area contributed by atoms with Crippen molar-refractivity contribution < 1.29 is 13.2 Å². The molecule has 2 heterocycles. The van der Waals surface area contributed by atoms with Crippen LogP contribution in [0, 0.1) is 0 Å². The number of nitrogens with zero attached hydrogens (tertiary/aromatic N) is 3. The second kappa shape index (κ2) is 9.12. The molecule has 26 heavy (non-hydrogen) atoms. The van der Waals surface area contributed by atoms with E-state index in [4.69, 9.17) is 4.74 Å². The highest BCUT2D eigenvalue weighted by atomic mass is 79.9. The summed E-state index contributed by atoms with van der Waals surface area (Å²) in [6, 6.07) is 5.44. The molecule has 0 aliphatic carbocycles. The fourth-order valence-electron chi connectivity index (χ4n) is 3.52. The molecule has 2 saturated heterocycles. The lowest BCUT2D eigenvalue weighted by molar-refractivity contribution is 0.0317. The van der Waals surface area contributed by atoms with Gasteiger partial charge in [0, 0.05) is 56.8 Å². The summed E-state index contributed by atoms with van der Waals surface area (Å²) in [7, 11) is -3.42. The summed E-state index contributed by atoms with van der Waals surface area (Å²) in [6.07, 6.45) is 0.702. The smallest absolute Gasteiger partial charge is 0.243 e. The van der Waals surface area contributed by atoms with Crippen molar-refractivity contribution in [3.05, 3.63) is 28.2 Å². The number of piperazine rings is 1. The summed E-state index contributed by atoms with van der Waals surface area (Å²) in [6.45, 7) is 10.4. The van der Waals surface area contributed by atoms with Crippen LogP contribution in [0.2, 0.25) is 0 Å². The van der Waals surface area contributed by atoms with Gasteiger partial charge in [0.2, 0.25) is 10.0 Å². The quantitative estimate of drug-likeness (QED) is 0.666. The van der Waals surface area contributed by atoms with Crippen molar-refractivity contribution >= 4 is 26.0 Å². The van der Waals surface area contributed by atoms with Gasteiger partial charge in [0.05, 0.1) is 18.1 Å². The molecule has 0 spiro atoms. The first-order valence-electron chi connectivity index (χ1n) is 9.31. The van der Waals surface area contributed by atoms with E-state index in [0.717, 1.165) is 62.5 Å². The minimum Gasteiger partial charge on any atom is -0.379 e. The normalized spacial score (nSPS) is 21.2. The SMILES string of the molecule is CCc1cc(Br)ccc1S(=O)(=O)N1CCN(CCN2CCOCC2)CC1. The van der Waals surface area contributed by atoms with Crippen LogP contribution in [0.25, 0.3) is 0 Å². The lowest BCUT2D eigenvalue weighted by Crippen LogP contribution is -2.51. The Morgan fingerprint density at radius 3 is 2.23 bits per heavy atom. The maximum atomic E-state index is 13.1. The van der Waals surface area contributed by atoms with Crippen LogP contribution >= 0.6 is 15.9 Å². The van der Waals surface area contributed by atoms with Gasteiger partial charge in [-0.3, -0.25) is 9.80 Å². The molecule has 146 valence electrons. The molecule has 0 saturated carbocycles. The predicted molar refractivity (Wildman–Crippen MR) is 106 cm³/mol. The molecule has 0 bridgehead atoms. The van der Waals surface area contributed by atoms with Gasteiger partial charge in [-0.1, -0.05) is 22.9 Å². The van der Waals surface area contributed by atoms with Crippen LogP contribution in [0.3, 0.4) is 0 Å².